The molecule has 0 aliphatic rings. The summed E-state index contributed by atoms with van der Waals surface area (Å²) in [5.41, 5.74) is 5.32. The topological polar surface area (TPSA) is 217 Å². The molecule has 14 heteroatoms. The summed E-state index contributed by atoms with van der Waals surface area (Å²) in [7, 11) is -9.33. The van der Waals surface area contributed by atoms with E-state index in [-0.39, 0.29) is 19.4 Å². The maximum atomic E-state index is 11.4. The van der Waals surface area contributed by atoms with Crippen LogP contribution in [0.4, 0.5) is 0 Å². The molecule has 0 heterocycles. The lowest BCUT2D eigenvalue weighted by Crippen LogP contribution is -2.45. The van der Waals surface area contributed by atoms with Crippen molar-refractivity contribution < 1.29 is 38.6 Å². The van der Waals surface area contributed by atoms with E-state index in [2.05, 4.69) is 18.5 Å². The Morgan fingerprint density at radius 3 is 2.04 bits per heavy atom. The molecule has 3 atom stereocenters. The minimum atomic E-state index is -4.68. The van der Waals surface area contributed by atoms with Gasteiger partial charge in [-0.25, -0.2) is 0 Å². The number of hydrogen-bond acceptors (Lipinski definition) is 5. The van der Waals surface area contributed by atoms with Crippen LogP contribution in [0.25, 0.3) is 0 Å². The van der Waals surface area contributed by atoms with Gasteiger partial charge in [-0.3, -0.25) is 24.7 Å². The first kappa shape index (κ1) is 24.5. The van der Waals surface area contributed by atoms with E-state index in [1.807, 2.05) is 0 Å². The maximum absolute atomic E-state index is 11.4. The molecule has 12 nitrogen and oxygen atoms in total. The highest BCUT2D eigenvalue weighted by Gasteiger charge is 2.34. The molecule has 26 heavy (non-hydrogen) atoms. The molecule has 0 aromatic carbocycles. The number of carboxylic acids is 1. The first-order valence-electron chi connectivity index (χ1n) is 7.20. The van der Waals surface area contributed by atoms with Crippen LogP contribution in [0.1, 0.15) is 12.8 Å². The Morgan fingerprint density at radius 1 is 1.19 bits per heavy atom. The molecular weight excluding hydrogens is 390 g/mol. The van der Waals surface area contributed by atoms with Crippen LogP contribution in [0.3, 0.4) is 0 Å². The Kier molecular flexibility index (Phi) is 9.40. The van der Waals surface area contributed by atoms with Gasteiger partial charge in [-0.15, -0.1) is 13.2 Å². The minimum absolute atomic E-state index is 0.00108. The molecule has 0 rings (SSSR count). The van der Waals surface area contributed by atoms with Crippen LogP contribution < -0.4 is 11.1 Å². The molecule has 0 saturated carbocycles. The molecule has 0 amide bonds. The Bertz CT molecular complexity index is 631. The molecule has 0 aromatic heterocycles. The summed E-state index contributed by atoms with van der Waals surface area (Å²) in [6.45, 7) is 6.34. The second-order valence-corrected chi connectivity index (χ2v) is 8.73. The van der Waals surface area contributed by atoms with Crippen LogP contribution in [-0.2, 0) is 13.9 Å². The number of aliphatic carboxylic acids is 1. The van der Waals surface area contributed by atoms with E-state index >= 15 is 0 Å². The standard InChI is InChI=1S/C12H24N4O8P2/c1-3-9(25(19,20)21)15-8(11(17)18)6-5-7-16(12(13)14)10(4-2)26(22,23)24/h3-4,8-10,15H,1-2,5-7H2,(H3,13,14)(H,17,18)(H2,19,20,21)(H2,22,23,24)/t8-,9?,10?/m0/s1. The zero-order valence-corrected chi connectivity index (χ0v) is 15.6. The molecule has 0 radical (unpaired) electrons. The smallest absolute Gasteiger partial charge is 0.351 e. The SMILES string of the molecule is C=CC(N[C@@H](CCCN(C(=N)N)C(C=C)P(=O)(O)O)C(=O)O)P(=O)(O)O. The van der Waals surface area contributed by atoms with Crippen LogP contribution in [-0.4, -0.2) is 65.7 Å². The Labute approximate surface area is 150 Å². The summed E-state index contributed by atoms with van der Waals surface area (Å²) in [6, 6.07) is -1.36. The summed E-state index contributed by atoms with van der Waals surface area (Å²) >= 11 is 0. The van der Waals surface area contributed by atoms with E-state index in [1.54, 1.807) is 0 Å². The Balaban J connectivity index is 5.09. The molecule has 0 fully saturated rings. The lowest BCUT2D eigenvalue weighted by atomic mass is 10.1. The number of rotatable bonds is 12. The normalized spacial score (nSPS) is 15.5. The largest absolute Gasteiger partial charge is 0.480 e. The van der Waals surface area contributed by atoms with Crippen molar-refractivity contribution in [3.05, 3.63) is 25.3 Å². The van der Waals surface area contributed by atoms with Gasteiger partial charge in [0.25, 0.3) is 0 Å². The third-order valence-corrected chi connectivity index (χ3v) is 5.60. The van der Waals surface area contributed by atoms with Crippen LogP contribution in [0.5, 0.6) is 0 Å². The van der Waals surface area contributed by atoms with Gasteiger partial charge >= 0.3 is 21.2 Å². The van der Waals surface area contributed by atoms with Gasteiger partial charge in [-0.1, -0.05) is 12.2 Å². The van der Waals surface area contributed by atoms with Crippen molar-refractivity contribution in [3.8, 4) is 0 Å². The second kappa shape index (κ2) is 9.98. The van der Waals surface area contributed by atoms with Crippen LogP contribution in [0, 0.1) is 5.41 Å². The van der Waals surface area contributed by atoms with E-state index in [0.29, 0.717) is 0 Å². The molecule has 0 spiro atoms. The van der Waals surface area contributed by atoms with E-state index < -0.39 is 44.7 Å². The highest BCUT2D eigenvalue weighted by atomic mass is 31.2. The van der Waals surface area contributed by atoms with Gasteiger partial charge in [-0.2, -0.15) is 0 Å². The first-order chi connectivity index (χ1) is 11.8. The van der Waals surface area contributed by atoms with Crippen molar-refractivity contribution in [3.63, 3.8) is 0 Å². The predicted octanol–water partition coefficient (Wildman–Crippen LogP) is -0.616. The van der Waals surface area contributed by atoms with Crippen molar-refractivity contribution in [2.75, 3.05) is 6.54 Å². The van der Waals surface area contributed by atoms with Crippen LogP contribution >= 0.6 is 15.2 Å². The monoisotopic (exact) mass is 414 g/mol. The van der Waals surface area contributed by atoms with Crippen molar-refractivity contribution >= 4 is 27.1 Å². The number of nitrogens with one attached hydrogen (secondary N) is 2. The van der Waals surface area contributed by atoms with E-state index in [4.69, 9.17) is 20.9 Å². The lowest BCUT2D eigenvalue weighted by molar-refractivity contribution is -0.139. The third-order valence-electron chi connectivity index (χ3n) is 3.33. The Morgan fingerprint density at radius 2 is 1.73 bits per heavy atom. The molecular formula is C12H24N4O8P2. The molecule has 2 unspecified atom stereocenters. The van der Waals surface area contributed by atoms with Gasteiger partial charge in [0.2, 0.25) is 0 Å². The zero-order chi connectivity index (χ0) is 20.7. The average Bonchev–Trinajstić information content (AvgIpc) is 2.46. The van der Waals surface area contributed by atoms with Crippen LogP contribution in [0.2, 0.25) is 0 Å². The first-order valence-corrected chi connectivity index (χ1v) is 10.6. The molecule has 0 aliphatic carbocycles. The quantitative estimate of drug-likeness (QED) is 0.0871. The van der Waals surface area contributed by atoms with Gasteiger partial charge in [0, 0.05) is 6.54 Å². The number of hydrogen-bond donors (Lipinski definition) is 8. The maximum Gasteiger partial charge on any atom is 0.351 e. The van der Waals surface area contributed by atoms with Gasteiger partial charge in [0.1, 0.15) is 11.8 Å². The van der Waals surface area contributed by atoms with Gasteiger partial charge < -0.3 is 35.3 Å². The van der Waals surface area contributed by atoms with Gasteiger partial charge in [0.05, 0.1) is 0 Å². The van der Waals surface area contributed by atoms with Crippen molar-refractivity contribution in [2.45, 2.75) is 30.4 Å². The van der Waals surface area contributed by atoms with Gasteiger partial charge in [0.15, 0.2) is 11.7 Å². The fourth-order valence-corrected chi connectivity index (χ4v) is 3.62. The zero-order valence-electron chi connectivity index (χ0n) is 13.8. The molecule has 0 aliphatic heterocycles. The second-order valence-electron chi connectivity index (χ2n) is 5.29. The summed E-state index contributed by atoms with van der Waals surface area (Å²) in [4.78, 5) is 48.9. The molecule has 0 bridgehead atoms. The van der Waals surface area contributed by atoms with E-state index in [0.717, 1.165) is 17.1 Å². The fraction of sp³-hybridized carbons (Fsp3) is 0.500. The summed E-state index contributed by atoms with van der Waals surface area (Å²) < 4.78 is 22.7. The number of carboxylic acid groups (broad SMARTS) is 1. The Hall–Kier alpha value is -1.52. The molecule has 150 valence electrons. The van der Waals surface area contributed by atoms with Gasteiger partial charge in [-0.05, 0) is 12.8 Å². The number of nitrogens with zero attached hydrogens (tertiary/aromatic N) is 1. The summed E-state index contributed by atoms with van der Waals surface area (Å²) in [6.07, 6.45) is 1.66. The van der Waals surface area contributed by atoms with Crippen LogP contribution in [0.15, 0.2) is 25.3 Å². The fourth-order valence-electron chi connectivity index (χ4n) is 2.09. The van der Waals surface area contributed by atoms with Crippen molar-refractivity contribution in [1.82, 2.24) is 10.2 Å². The minimum Gasteiger partial charge on any atom is -0.480 e. The number of guanidine groups is 1. The molecule has 0 aromatic rings. The highest BCUT2D eigenvalue weighted by Crippen LogP contribution is 2.43. The summed E-state index contributed by atoms with van der Waals surface area (Å²) in [5, 5.41) is 18.9. The number of nitrogens with two attached hydrogens (primary N) is 1. The average molecular weight is 414 g/mol. The van der Waals surface area contributed by atoms with Crippen molar-refractivity contribution in [1.29, 1.82) is 5.41 Å². The lowest BCUT2D eigenvalue weighted by Gasteiger charge is -2.30. The highest BCUT2D eigenvalue weighted by molar-refractivity contribution is 7.53. The summed E-state index contributed by atoms with van der Waals surface area (Å²) in [5.74, 6) is -5.14. The van der Waals surface area contributed by atoms with Crippen molar-refractivity contribution in [2.24, 2.45) is 5.73 Å². The molecule has 0 saturated heterocycles. The predicted molar refractivity (Wildman–Crippen MR) is 94.5 cm³/mol. The van der Waals surface area contributed by atoms with E-state index in [9.17, 15) is 28.8 Å². The number of carbonyl (C=O) groups is 1. The third kappa shape index (κ3) is 7.79. The molecule has 9 N–H and O–H groups in total. The van der Waals surface area contributed by atoms with E-state index in [1.165, 1.54) is 0 Å².